The smallest absolute Gasteiger partial charge is 0.222 e. The van der Waals surface area contributed by atoms with Crippen molar-refractivity contribution < 1.29 is 4.79 Å². The average Bonchev–Trinajstić information content (AvgIpc) is 3.17. The lowest BCUT2D eigenvalue weighted by atomic mass is 10.1. The Bertz CT molecular complexity index is 610. The zero-order chi connectivity index (χ0) is 15.2. The fourth-order valence-electron chi connectivity index (χ4n) is 2.76. The van der Waals surface area contributed by atoms with Crippen LogP contribution >= 0.6 is 0 Å². The normalized spacial score (nSPS) is 14.7. The van der Waals surface area contributed by atoms with E-state index in [0.29, 0.717) is 5.91 Å². The molecule has 0 atom stereocenters. The summed E-state index contributed by atoms with van der Waals surface area (Å²) in [6.07, 6.45) is 8.14. The quantitative estimate of drug-likeness (QED) is 0.761. The van der Waals surface area contributed by atoms with Crippen LogP contribution in [0.4, 0.5) is 0 Å². The van der Waals surface area contributed by atoms with Gasteiger partial charge in [-0.2, -0.15) is 5.10 Å². The van der Waals surface area contributed by atoms with Crippen LogP contribution in [-0.4, -0.2) is 45.6 Å². The minimum atomic E-state index is 0.300. The maximum Gasteiger partial charge on any atom is 0.222 e. The van der Waals surface area contributed by atoms with E-state index in [4.69, 9.17) is 0 Å². The van der Waals surface area contributed by atoms with Gasteiger partial charge in [0.25, 0.3) is 0 Å². The Kier molecular flexibility index (Phi) is 4.80. The van der Waals surface area contributed by atoms with Crippen LogP contribution in [0.1, 0.15) is 24.8 Å². The minimum absolute atomic E-state index is 0.300. The van der Waals surface area contributed by atoms with Crippen molar-refractivity contribution >= 4 is 5.91 Å². The Labute approximate surface area is 129 Å². The molecule has 1 aliphatic rings. The summed E-state index contributed by atoms with van der Waals surface area (Å²) in [5, 5.41) is 10.6. The molecular formula is C16H21N5O. The fourth-order valence-corrected chi connectivity index (χ4v) is 2.76. The van der Waals surface area contributed by atoms with Crippen molar-refractivity contribution in [3.63, 3.8) is 0 Å². The number of amides is 1. The molecule has 1 fully saturated rings. The Morgan fingerprint density at radius 2 is 2.32 bits per heavy atom. The van der Waals surface area contributed by atoms with E-state index in [1.54, 1.807) is 6.20 Å². The molecule has 0 spiro atoms. The van der Waals surface area contributed by atoms with Gasteiger partial charge in [0, 0.05) is 49.6 Å². The summed E-state index contributed by atoms with van der Waals surface area (Å²) in [7, 11) is 0. The number of hydrogen-bond acceptors (Lipinski definition) is 4. The number of aromatic nitrogens is 3. The lowest BCUT2D eigenvalue weighted by molar-refractivity contribution is -0.127. The van der Waals surface area contributed by atoms with Gasteiger partial charge in [0.15, 0.2) is 0 Å². The molecule has 0 radical (unpaired) electrons. The number of carbonyl (C=O) groups excluding carboxylic acids is 1. The summed E-state index contributed by atoms with van der Waals surface area (Å²) < 4.78 is 0. The van der Waals surface area contributed by atoms with E-state index in [9.17, 15) is 4.79 Å². The van der Waals surface area contributed by atoms with E-state index in [1.807, 2.05) is 29.4 Å². The van der Waals surface area contributed by atoms with E-state index in [0.717, 1.165) is 62.3 Å². The van der Waals surface area contributed by atoms with Crippen molar-refractivity contribution in [1.82, 2.24) is 25.4 Å². The molecule has 3 heterocycles. The number of rotatable bonds is 7. The summed E-state index contributed by atoms with van der Waals surface area (Å²) >= 11 is 0. The molecule has 0 aliphatic carbocycles. The van der Waals surface area contributed by atoms with Gasteiger partial charge in [-0.1, -0.05) is 0 Å². The van der Waals surface area contributed by atoms with E-state index in [1.165, 1.54) is 0 Å². The van der Waals surface area contributed by atoms with Crippen LogP contribution in [0.15, 0.2) is 30.7 Å². The largest absolute Gasteiger partial charge is 0.343 e. The van der Waals surface area contributed by atoms with Crippen LogP contribution < -0.4 is 5.32 Å². The molecule has 1 aliphatic heterocycles. The molecule has 2 aromatic rings. The van der Waals surface area contributed by atoms with Gasteiger partial charge in [-0.25, -0.2) is 0 Å². The van der Waals surface area contributed by atoms with Gasteiger partial charge >= 0.3 is 0 Å². The van der Waals surface area contributed by atoms with Gasteiger partial charge < -0.3 is 10.2 Å². The van der Waals surface area contributed by atoms with Crippen molar-refractivity contribution in [2.45, 2.75) is 25.8 Å². The van der Waals surface area contributed by atoms with Crippen molar-refractivity contribution in [1.29, 1.82) is 0 Å². The molecule has 0 aromatic carbocycles. The first-order valence-corrected chi connectivity index (χ1v) is 7.76. The first kappa shape index (κ1) is 14.7. The second-order valence-corrected chi connectivity index (χ2v) is 5.53. The van der Waals surface area contributed by atoms with Gasteiger partial charge in [0.2, 0.25) is 5.91 Å². The molecule has 2 N–H and O–H groups in total. The third-order valence-electron chi connectivity index (χ3n) is 3.94. The number of nitrogens with zero attached hydrogens (tertiary/aromatic N) is 3. The molecule has 22 heavy (non-hydrogen) atoms. The molecule has 1 amide bonds. The first-order chi connectivity index (χ1) is 10.8. The van der Waals surface area contributed by atoms with Crippen molar-refractivity contribution in [2.75, 3.05) is 19.6 Å². The van der Waals surface area contributed by atoms with Gasteiger partial charge in [-0.15, -0.1) is 0 Å². The predicted molar refractivity (Wildman–Crippen MR) is 84.0 cm³/mol. The number of pyridine rings is 1. The Balaban J connectivity index is 1.45. The highest BCUT2D eigenvalue weighted by atomic mass is 16.2. The lowest BCUT2D eigenvalue weighted by Crippen LogP contribution is -2.28. The summed E-state index contributed by atoms with van der Waals surface area (Å²) in [5.74, 6) is 0.300. The zero-order valence-electron chi connectivity index (χ0n) is 12.6. The van der Waals surface area contributed by atoms with Crippen LogP contribution in [0.25, 0.3) is 11.3 Å². The third-order valence-corrected chi connectivity index (χ3v) is 3.94. The minimum Gasteiger partial charge on any atom is -0.343 e. The molecule has 6 nitrogen and oxygen atoms in total. The molecular weight excluding hydrogens is 278 g/mol. The first-order valence-electron chi connectivity index (χ1n) is 7.76. The van der Waals surface area contributed by atoms with E-state index in [-0.39, 0.29) is 0 Å². The average molecular weight is 299 g/mol. The fraction of sp³-hybridized carbons (Fsp3) is 0.438. The summed E-state index contributed by atoms with van der Waals surface area (Å²) in [6, 6.07) is 3.93. The molecule has 2 aromatic heterocycles. The van der Waals surface area contributed by atoms with Crippen LogP contribution in [0, 0.1) is 0 Å². The molecule has 6 heteroatoms. The monoisotopic (exact) mass is 299 g/mol. The highest BCUT2D eigenvalue weighted by Gasteiger charge is 2.18. The third kappa shape index (κ3) is 3.51. The Morgan fingerprint density at radius 3 is 3.09 bits per heavy atom. The lowest BCUT2D eigenvalue weighted by Gasteiger charge is -2.15. The van der Waals surface area contributed by atoms with Crippen LogP contribution in [0.3, 0.4) is 0 Å². The summed E-state index contributed by atoms with van der Waals surface area (Å²) in [4.78, 5) is 17.6. The van der Waals surface area contributed by atoms with E-state index >= 15 is 0 Å². The van der Waals surface area contributed by atoms with Crippen LogP contribution in [-0.2, 0) is 11.3 Å². The molecule has 1 saturated heterocycles. The summed E-state index contributed by atoms with van der Waals surface area (Å²) in [5.41, 5.74) is 3.18. The molecule has 0 bridgehead atoms. The van der Waals surface area contributed by atoms with Crippen molar-refractivity contribution in [3.8, 4) is 11.3 Å². The number of nitrogens with one attached hydrogen (secondary N) is 2. The van der Waals surface area contributed by atoms with Gasteiger partial charge in [0.05, 0.1) is 11.9 Å². The van der Waals surface area contributed by atoms with E-state index in [2.05, 4.69) is 20.5 Å². The number of H-pyrrole nitrogens is 1. The second kappa shape index (κ2) is 7.17. The van der Waals surface area contributed by atoms with Gasteiger partial charge in [-0.05, 0) is 31.5 Å². The van der Waals surface area contributed by atoms with Crippen molar-refractivity contribution in [3.05, 3.63) is 36.3 Å². The van der Waals surface area contributed by atoms with Crippen molar-refractivity contribution in [2.24, 2.45) is 0 Å². The van der Waals surface area contributed by atoms with Gasteiger partial charge in [-0.3, -0.25) is 14.9 Å². The predicted octanol–water partition coefficient (Wildman–Crippen LogP) is 1.57. The second-order valence-electron chi connectivity index (χ2n) is 5.53. The Morgan fingerprint density at radius 1 is 1.36 bits per heavy atom. The highest BCUT2D eigenvalue weighted by molar-refractivity contribution is 5.77. The van der Waals surface area contributed by atoms with Crippen LogP contribution in [0.5, 0.6) is 0 Å². The van der Waals surface area contributed by atoms with Crippen LogP contribution in [0.2, 0.25) is 0 Å². The molecule has 0 unspecified atom stereocenters. The molecule has 116 valence electrons. The topological polar surface area (TPSA) is 73.9 Å². The zero-order valence-corrected chi connectivity index (χ0v) is 12.6. The SMILES string of the molecule is O=C1CCCN1CCCNCc1cn[nH]c1-c1cccnc1. The summed E-state index contributed by atoms with van der Waals surface area (Å²) in [6.45, 7) is 3.43. The number of likely N-dealkylation sites (tertiary alicyclic amines) is 1. The maximum absolute atomic E-state index is 11.5. The standard InChI is InChI=1S/C16H21N5O/c22-15-5-2-8-21(15)9-3-7-18-11-14-12-19-20-16(14)13-4-1-6-17-10-13/h1,4,6,10,12,18H,2-3,5,7-9,11H2,(H,19,20). The van der Waals surface area contributed by atoms with Gasteiger partial charge in [0.1, 0.15) is 0 Å². The highest BCUT2D eigenvalue weighted by Crippen LogP contribution is 2.19. The number of carbonyl (C=O) groups is 1. The number of hydrogen-bond donors (Lipinski definition) is 2. The Hall–Kier alpha value is -2.21. The van der Waals surface area contributed by atoms with E-state index < -0.39 is 0 Å². The molecule has 0 saturated carbocycles. The molecule has 3 rings (SSSR count). The number of aromatic amines is 1. The maximum atomic E-state index is 11.5.